The maximum atomic E-state index is 12.0. The number of aryl methyl sites for hydroxylation is 1. The van der Waals surface area contributed by atoms with E-state index in [2.05, 4.69) is 10.3 Å². The van der Waals surface area contributed by atoms with Gasteiger partial charge in [-0.25, -0.2) is 4.98 Å². The lowest BCUT2D eigenvalue weighted by molar-refractivity contribution is -0.127. The van der Waals surface area contributed by atoms with Gasteiger partial charge in [-0.15, -0.1) is 11.3 Å². The highest BCUT2D eigenvalue weighted by molar-refractivity contribution is 7.09. The smallest absolute Gasteiger partial charge is 0.223 e. The topological polar surface area (TPSA) is 51.2 Å². The van der Waals surface area contributed by atoms with Gasteiger partial charge in [0.15, 0.2) is 0 Å². The van der Waals surface area contributed by atoms with Gasteiger partial charge in [0.25, 0.3) is 0 Å². The zero-order chi connectivity index (χ0) is 13.0. The van der Waals surface area contributed by atoms with Crippen LogP contribution in [0.15, 0.2) is 5.38 Å². The molecule has 0 bridgehead atoms. The predicted molar refractivity (Wildman–Crippen MR) is 71.4 cm³/mol. The third-order valence-corrected chi connectivity index (χ3v) is 4.43. The average Bonchev–Trinajstić information content (AvgIpc) is 2.82. The van der Waals surface area contributed by atoms with Gasteiger partial charge in [0.2, 0.25) is 5.91 Å². The van der Waals surface area contributed by atoms with E-state index < -0.39 is 0 Å². The second kappa shape index (κ2) is 6.29. The molecule has 100 valence electrons. The van der Waals surface area contributed by atoms with Gasteiger partial charge in [-0.1, -0.05) is 6.92 Å². The van der Waals surface area contributed by atoms with Crippen molar-refractivity contribution in [2.75, 3.05) is 13.2 Å². The first-order valence-electron chi connectivity index (χ1n) is 6.43. The van der Waals surface area contributed by atoms with Crippen LogP contribution in [-0.2, 0) is 16.1 Å². The summed E-state index contributed by atoms with van der Waals surface area (Å²) in [5.41, 5.74) is 1.02. The minimum absolute atomic E-state index is 0.0648. The number of amides is 1. The molecule has 0 aromatic carbocycles. The van der Waals surface area contributed by atoms with Crippen LogP contribution < -0.4 is 5.32 Å². The van der Waals surface area contributed by atoms with Crippen molar-refractivity contribution in [2.45, 2.75) is 33.2 Å². The Balaban J connectivity index is 1.79. The summed E-state index contributed by atoms with van der Waals surface area (Å²) < 4.78 is 5.32. The SMILES string of the molecule is Cc1csc(CNC(=O)[C@@H](C)C2CCOCC2)n1. The summed E-state index contributed by atoms with van der Waals surface area (Å²) >= 11 is 1.59. The van der Waals surface area contributed by atoms with Crippen LogP contribution in [0.1, 0.15) is 30.5 Å². The number of carbonyl (C=O) groups excluding carboxylic acids is 1. The van der Waals surface area contributed by atoms with E-state index in [9.17, 15) is 4.79 Å². The molecule has 0 saturated carbocycles. The third-order valence-electron chi connectivity index (χ3n) is 3.47. The standard InChI is InChI=1S/C13H20N2O2S/c1-9-8-18-12(15-9)7-14-13(16)10(2)11-3-5-17-6-4-11/h8,10-11H,3-7H2,1-2H3,(H,14,16)/t10-/m0/s1. The molecular weight excluding hydrogens is 248 g/mol. The molecular formula is C13H20N2O2S. The summed E-state index contributed by atoms with van der Waals surface area (Å²) in [7, 11) is 0. The molecule has 1 amide bonds. The molecule has 0 spiro atoms. The molecule has 1 aromatic heterocycles. The first-order chi connectivity index (χ1) is 8.66. The van der Waals surface area contributed by atoms with Crippen molar-refractivity contribution in [2.24, 2.45) is 11.8 Å². The fourth-order valence-corrected chi connectivity index (χ4v) is 2.95. The van der Waals surface area contributed by atoms with Crippen LogP contribution >= 0.6 is 11.3 Å². The molecule has 4 nitrogen and oxygen atoms in total. The third kappa shape index (κ3) is 3.53. The Morgan fingerprint density at radius 1 is 1.61 bits per heavy atom. The summed E-state index contributed by atoms with van der Waals surface area (Å²) in [5, 5.41) is 5.95. The zero-order valence-corrected chi connectivity index (χ0v) is 11.8. The van der Waals surface area contributed by atoms with Crippen LogP contribution in [0.25, 0.3) is 0 Å². The molecule has 1 aliphatic heterocycles. The van der Waals surface area contributed by atoms with Crippen molar-refractivity contribution in [1.29, 1.82) is 0 Å². The summed E-state index contributed by atoms with van der Waals surface area (Å²) in [6, 6.07) is 0. The van der Waals surface area contributed by atoms with E-state index in [1.54, 1.807) is 11.3 Å². The van der Waals surface area contributed by atoms with Crippen molar-refractivity contribution in [3.8, 4) is 0 Å². The quantitative estimate of drug-likeness (QED) is 0.910. The summed E-state index contributed by atoms with van der Waals surface area (Å²) in [4.78, 5) is 16.4. The van der Waals surface area contributed by atoms with Crippen molar-refractivity contribution < 1.29 is 9.53 Å². The predicted octanol–water partition coefficient (Wildman–Crippen LogP) is 2.13. The number of carbonyl (C=O) groups is 1. The number of nitrogens with zero attached hydrogens (tertiary/aromatic N) is 1. The second-order valence-electron chi connectivity index (χ2n) is 4.84. The highest BCUT2D eigenvalue weighted by Gasteiger charge is 2.25. The summed E-state index contributed by atoms with van der Waals surface area (Å²) in [5.74, 6) is 0.654. The maximum Gasteiger partial charge on any atom is 0.223 e. The molecule has 1 fully saturated rings. The molecule has 1 atom stereocenters. The van der Waals surface area contributed by atoms with Gasteiger partial charge in [-0.2, -0.15) is 0 Å². The molecule has 2 heterocycles. The highest BCUT2D eigenvalue weighted by atomic mass is 32.1. The molecule has 18 heavy (non-hydrogen) atoms. The van der Waals surface area contributed by atoms with E-state index >= 15 is 0 Å². The van der Waals surface area contributed by atoms with Crippen LogP contribution in [0, 0.1) is 18.8 Å². The first-order valence-corrected chi connectivity index (χ1v) is 7.31. The number of aromatic nitrogens is 1. The zero-order valence-electron chi connectivity index (χ0n) is 10.9. The molecule has 1 aliphatic rings. The molecule has 1 saturated heterocycles. The van der Waals surface area contributed by atoms with Crippen molar-refractivity contribution in [3.05, 3.63) is 16.1 Å². The van der Waals surface area contributed by atoms with Gasteiger partial charge in [0.1, 0.15) is 5.01 Å². The minimum Gasteiger partial charge on any atom is -0.381 e. The monoisotopic (exact) mass is 268 g/mol. The highest BCUT2D eigenvalue weighted by Crippen LogP contribution is 2.23. The van der Waals surface area contributed by atoms with Crippen LogP contribution in [0.2, 0.25) is 0 Å². The van der Waals surface area contributed by atoms with E-state index in [0.717, 1.165) is 36.8 Å². The molecule has 0 aliphatic carbocycles. The lowest BCUT2D eigenvalue weighted by Crippen LogP contribution is -2.35. The van der Waals surface area contributed by atoms with E-state index in [1.807, 2.05) is 19.2 Å². The summed E-state index contributed by atoms with van der Waals surface area (Å²) in [6.07, 6.45) is 1.98. The number of ether oxygens (including phenoxy) is 1. The van der Waals surface area contributed by atoms with E-state index in [0.29, 0.717) is 12.5 Å². The molecule has 0 unspecified atom stereocenters. The van der Waals surface area contributed by atoms with Gasteiger partial charge >= 0.3 is 0 Å². The van der Waals surface area contributed by atoms with Crippen LogP contribution in [0.5, 0.6) is 0 Å². The van der Waals surface area contributed by atoms with Crippen molar-refractivity contribution >= 4 is 17.2 Å². The Bertz CT molecular complexity index is 399. The molecule has 0 radical (unpaired) electrons. The van der Waals surface area contributed by atoms with Gasteiger partial charge in [0.05, 0.1) is 6.54 Å². The fraction of sp³-hybridized carbons (Fsp3) is 0.692. The lowest BCUT2D eigenvalue weighted by Gasteiger charge is -2.26. The number of hydrogen-bond acceptors (Lipinski definition) is 4. The van der Waals surface area contributed by atoms with Crippen molar-refractivity contribution in [1.82, 2.24) is 10.3 Å². The Hall–Kier alpha value is -0.940. The van der Waals surface area contributed by atoms with E-state index in [-0.39, 0.29) is 11.8 Å². The molecule has 1 N–H and O–H groups in total. The van der Waals surface area contributed by atoms with Gasteiger partial charge in [-0.05, 0) is 25.7 Å². The normalized spacial score (nSPS) is 18.6. The van der Waals surface area contributed by atoms with Crippen LogP contribution in [0.3, 0.4) is 0 Å². The number of hydrogen-bond donors (Lipinski definition) is 1. The summed E-state index contributed by atoms with van der Waals surface area (Å²) in [6.45, 7) is 6.09. The van der Waals surface area contributed by atoms with Gasteiger partial charge in [-0.3, -0.25) is 4.79 Å². The van der Waals surface area contributed by atoms with Crippen LogP contribution in [0.4, 0.5) is 0 Å². The Kier molecular flexibility index (Phi) is 4.72. The first kappa shape index (κ1) is 13.5. The number of thiazole rings is 1. The largest absolute Gasteiger partial charge is 0.381 e. The van der Waals surface area contributed by atoms with E-state index in [4.69, 9.17) is 4.74 Å². The fourth-order valence-electron chi connectivity index (χ4n) is 2.24. The Morgan fingerprint density at radius 2 is 2.33 bits per heavy atom. The van der Waals surface area contributed by atoms with Gasteiger partial charge < -0.3 is 10.1 Å². The molecule has 2 rings (SSSR count). The molecule has 5 heteroatoms. The van der Waals surface area contributed by atoms with Gasteiger partial charge in [0, 0.05) is 30.2 Å². The molecule has 1 aromatic rings. The van der Waals surface area contributed by atoms with Crippen LogP contribution in [-0.4, -0.2) is 24.1 Å². The lowest BCUT2D eigenvalue weighted by atomic mass is 9.87. The second-order valence-corrected chi connectivity index (χ2v) is 5.78. The maximum absolute atomic E-state index is 12.0. The van der Waals surface area contributed by atoms with E-state index in [1.165, 1.54) is 0 Å². The number of nitrogens with one attached hydrogen (secondary N) is 1. The Labute approximate surface area is 112 Å². The Morgan fingerprint density at radius 3 is 2.94 bits per heavy atom. The average molecular weight is 268 g/mol. The number of rotatable bonds is 4. The van der Waals surface area contributed by atoms with Crippen molar-refractivity contribution in [3.63, 3.8) is 0 Å². The minimum atomic E-state index is 0.0648.